The quantitative estimate of drug-likeness (QED) is 0.404. The van der Waals surface area contributed by atoms with Crippen LogP contribution in [0.1, 0.15) is 64.6 Å². The highest BCUT2D eigenvalue weighted by atomic mass is 19.1. The van der Waals surface area contributed by atoms with Gasteiger partial charge in [0.2, 0.25) is 11.8 Å². The summed E-state index contributed by atoms with van der Waals surface area (Å²) in [6.45, 7) is 4.52. The summed E-state index contributed by atoms with van der Waals surface area (Å²) in [6.07, 6.45) is 2.78. The van der Waals surface area contributed by atoms with Crippen molar-refractivity contribution in [3.05, 3.63) is 82.9 Å². The van der Waals surface area contributed by atoms with Crippen LogP contribution in [0, 0.1) is 12.7 Å². The summed E-state index contributed by atoms with van der Waals surface area (Å²) in [7, 11) is 1.44. The van der Waals surface area contributed by atoms with Crippen LogP contribution in [0.3, 0.4) is 0 Å². The van der Waals surface area contributed by atoms with E-state index in [9.17, 15) is 19.2 Å². The molecule has 1 aromatic heterocycles. The van der Waals surface area contributed by atoms with Crippen LogP contribution in [0.4, 0.5) is 4.39 Å². The molecule has 0 aliphatic carbocycles. The van der Waals surface area contributed by atoms with E-state index in [1.165, 1.54) is 31.5 Å². The van der Waals surface area contributed by atoms with Crippen molar-refractivity contribution in [3.63, 3.8) is 0 Å². The van der Waals surface area contributed by atoms with Crippen LogP contribution >= 0.6 is 0 Å². The van der Waals surface area contributed by atoms with Gasteiger partial charge in [-0.05, 0) is 74.2 Å². The Bertz CT molecular complexity index is 1530. The number of fused-ring (bicyclic) bond motifs is 16. The second kappa shape index (κ2) is 15.6. The number of aryl methyl sites for hydroxylation is 1. The van der Waals surface area contributed by atoms with Gasteiger partial charge in [-0.15, -0.1) is 0 Å². The van der Waals surface area contributed by atoms with Crippen molar-refractivity contribution in [2.75, 3.05) is 26.7 Å². The van der Waals surface area contributed by atoms with E-state index in [1.54, 1.807) is 42.2 Å². The zero-order valence-corrected chi connectivity index (χ0v) is 25.7. The molecular formula is C33H38FN5O6. The number of benzene rings is 2. The number of aromatic nitrogens is 1. The van der Waals surface area contributed by atoms with Crippen LogP contribution in [0.5, 0.6) is 17.2 Å². The number of nitrogens with zero attached hydrogens (tertiary/aromatic N) is 2. The SMILES string of the molecule is CC[C@@H]1NC(=O)CCCN(C(=O)c2ccc(C)nc2)CCCNC(=O)c2ccc(OC)c(c2)Oc2ccc(cc2F)CNC1=O. The van der Waals surface area contributed by atoms with Crippen LogP contribution in [0.15, 0.2) is 54.7 Å². The van der Waals surface area contributed by atoms with E-state index >= 15 is 4.39 Å². The third-order valence-corrected chi connectivity index (χ3v) is 7.34. The highest BCUT2D eigenvalue weighted by molar-refractivity contribution is 5.95. The minimum absolute atomic E-state index is 0.0340. The van der Waals surface area contributed by atoms with Gasteiger partial charge >= 0.3 is 0 Å². The topological polar surface area (TPSA) is 139 Å². The van der Waals surface area contributed by atoms with E-state index in [0.717, 1.165) is 5.69 Å². The van der Waals surface area contributed by atoms with Gasteiger partial charge in [-0.3, -0.25) is 24.2 Å². The third kappa shape index (κ3) is 9.01. The van der Waals surface area contributed by atoms with Gasteiger partial charge in [-0.25, -0.2) is 4.39 Å². The number of ether oxygens (including phenoxy) is 2. The minimum Gasteiger partial charge on any atom is -0.493 e. The maximum absolute atomic E-state index is 15.0. The Morgan fingerprint density at radius 1 is 1.04 bits per heavy atom. The molecule has 45 heavy (non-hydrogen) atoms. The lowest BCUT2D eigenvalue weighted by atomic mass is 10.1. The van der Waals surface area contributed by atoms with Crippen molar-refractivity contribution >= 4 is 23.6 Å². The fourth-order valence-electron chi connectivity index (χ4n) is 4.78. The number of methoxy groups -OCH3 is 1. The first-order valence-electron chi connectivity index (χ1n) is 14.9. The average Bonchev–Trinajstić information content (AvgIpc) is 3.04. The van der Waals surface area contributed by atoms with Gasteiger partial charge < -0.3 is 30.3 Å². The molecule has 4 amide bonds. The van der Waals surface area contributed by atoms with E-state index in [0.29, 0.717) is 42.7 Å². The van der Waals surface area contributed by atoms with E-state index in [1.807, 2.05) is 6.92 Å². The summed E-state index contributed by atoms with van der Waals surface area (Å²) in [5, 5.41) is 8.34. The fraction of sp³-hybridized carbons (Fsp3) is 0.364. The Balaban J connectivity index is 1.56. The normalized spacial score (nSPS) is 17.0. The molecule has 0 saturated heterocycles. The molecule has 12 heteroatoms. The van der Waals surface area contributed by atoms with Crippen LogP contribution < -0.4 is 25.4 Å². The van der Waals surface area contributed by atoms with Gasteiger partial charge in [0.1, 0.15) is 6.04 Å². The molecule has 3 aromatic rings. The summed E-state index contributed by atoms with van der Waals surface area (Å²) in [4.78, 5) is 57.7. The van der Waals surface area contributed by atoms with Crippen molar-refractivity contribution in [1.29, 1.82) is 0 Å². The zero-order valence-electron chi connectivity index (χ0n) is 25.7. The summed E-state index contributed by atoms with van der Waals surface area (Å²) >= 11 is 0. The van der Waals surface area contributed by atoms with Crippen molar-refractivity contribution < 1.29 is 33.0 Å². The number of hydrogen-bond donors (Lipinski definition) is 3. The van der Waals surface area contributed by atoms with E-state index in [4.69, 9.17) is 9.47 Å². The molecule has 11 nitrogen and oxygen atoms in total. The number of hydrogen-bond acceptors (Lipinski definition) is 7. The Labute approximate surface area is 261 Å². The lowest BCUT2D eigenvalue weighted by Crippen LogP contribution is -2.46. The molecule has 0 spiro atoms. The lowest BCUT2D eigenvalue weighted by Gasteiger charge is -2.23. The van der Waals surface area contributed by atoms with Gasteiger partial charge in [0.05, 0.1) is 12.7 Å². The molecule has 238 valence electrons. The molecule has 2 aliphatic heterocycles. The monoisotopic (exact) mass is 619 g/mol. The van der Waals surface area contributed by atoms with Gasteiger partial charge in [0, 0.05) is 50.1 Å². The smallest absolute Gasteiger partial charge is 0.255 e. The standard InChI is InChI=1S/C33H38FN5O6/c1-4-26-32(42)37-19-22-9-12-27(25(34)17-22)45-29-18-23(11-13-28(29)44-3)31(41)35-14-6-16-39(15-5-7-30(40)38-26)33(43)24-10-8-21(2)36-20-24/h8-13,17-18,20,26H,4-7,14-16,19H2,1-3H3,(H,35,41)(H,37,42)(H,38,40)/t26-/m0/s1. The second-order valence-corrected chi connectivity index (χ2v) is 10.7. The molecule has 3 heterocycles. The van der Waals surface area contributed by atoms with Gasteiger partial charge in [0.15, 0.2) is 23.1 Å². The highest BCUT2D eigenvalue weighted by Gasteiger charge is 2.21. The maximum Gasteiger partial charge on any atom is 0.255 e. The largest absolute Gasteiger partial charge is 0.493 e. The number of amides is 4. The van der Waals surface area contributed by atoms with E-state index < -0.39 is 17.8 Å². The Morgan fingerprint density at radius 2 is 1.84 bits per heavy atom. The van der Waals surface area contributed by atoms with Crippen molar-refractivity contribution in [3.8, 4) is 17.2 Å². The molecule has 4 bridgehead atoms. The molecule has 0 saturated carbocycles. The van der Waals surface area contributed by atoms with Crippen LogP contribution in [0.25, 0.3) is 0 Å². The number of halogens is 1. The summed E-state index contributed by atoms with van der Waals surface area (Å²) in [5.41, 5.74) is 1.97. The Hall–Kier alpha value is -5.00. The first-order chi connectivity index (χ1) is 21.7. The molecule has 0 unspecified atom stereocenters. The first kappa shape index (κ1) is 32.9. The second-order valence-electron chi connectivity index (χ2n) is 10.7. The molecule has 2 aromatic carbocycles. The number of nitrogens with one attached hydrogen (secondary N) is 3. The van der Waals surface area contributed by atoms with Gasteiger partial charge in [-0.2, -0.15) is 0 Å². The first-order valence-corrected chi connectivity index (χ1v) is 14.9. The van der Waals surface area contributed by atoms with Gasteiger partial charge in [-0.1, -0.05) is 13.0 Å². The number of carbonyl (C=O) groups excluding carboxylic acids is 4. The van der Waals surface area contributed by atoms with Crippen LogP contribution in [-0.4, -0.2) is 66.3 Å². The van der Waals surface area contributed by atoms with Crippen molar-refractivity contribution in [2.24, 2.45) is 0 Å². The number of carbonyl (C=O) groups is 4. The Kier molecular flexibility index (Phi) is 11.4. The molecular weight excluding hydrogens is 581 g/mol. The molecule has 0 radical (unpaired) electrons. The molecule has 1 atom stereocenters. The fourth-order valence-corrected chi connectivity index (χ4v) is 4.78. The minimum atomic E-state index is -0.772. The highest BCUT2D eigenvalue weighted by Crippen LogP contribution is 2.34. The predicted molar refractivity (Wildman–Crippen MR) is 165 cm³/mol. The maximum atomic E-state index is 15.0. The molecule has 5 rings (SSSR count). The Morgan fingerprint density at radius 3 is 2.56 bits per heavy atom. The van der Waals surface area contributed by atoms with Crippen molar-refractivity contribution in [2.45, 2.75) is 52.1 Å². The van der Waals surface area contributed by atoms with Gasteiger partial charge in [0.25, 0.3) is 11.8 Å². The lowest BCUT2D eigenvalue weighted by molar-refractivity contribution is -0.129. The molecule has 0 fully saturated rings. The van der Waals surface area contributed by atoms with Crippen LogP contribution in [-0.2, 0) is 16.1 Å². The summed E-state index contributed by atoms with van der Waals surface area (Å²) < 4.78 is 26.2. The molecule has 2 aliphatic rings. The number of pyridine rings is 1. The summed E-state index contributed by atoms with van der Waals surface area (Å²) in [6, 6.07) is 11.6. The summed E-state index contributed by atoms with van der Waals surface area (Å²) in [5.74, 6) is -1.64. The predicted octanol–water partition coefficient (Wildman–Crippen LogP) is 3.90. The number of rotatable bonds is 3. The van der Waals surface area contributed by atoms with E-state index in [-0.39, 0.29) is 60.8 Å². The van der Waals surface area contributed by atoms with E-state index in [2.05, 4.69) is 20.9 Å². The van der Waals surface area contributed by atoms with Crippen LogP contribution in [0.2, 0.25) is 0 Å². The molecule has 3 N–H and O–H groups in total. The zero-order chi connectivity index (χ0) is 32.3. The van der Waals surface area contributed by atoms with Crippen molar-refractivity contribution in [1.82, 2.24) is 25.8 Å². The average molecular weight is 620 g/mol. The third-order valence-electron chi connectivity index (χ3n) is 7.34.